The third-order valence-corrected chi connectivity index (χ3v) is 2.23. The number of carboxylic acids is 1. The first kappa shape index (κ1) is 15.9. The van der Waals surface area contributed by atoms with Crippen LogP contribution in [0.2, 0.25) is 0 Å². The summed E-state index contributed by atoms with van der Waals surface area (Å²) in [4.78, 5) is 21.4. The number of aliphatic hydroxyl groups excluding tert-OH is 2. The van der Waals surface area contributed by atoms with Crippen molar-refractivity contribution in [1.82, 2.24) is 0 Å². The van der Waals surface area contributed by atoms with E-state index in [2.05, 4.69) is 0 Å². The summed E-state index contributed by atoms with van der Waals surface area (Å²) >= 11 is 0. The van der Waals surface area contributed by atoms with E-state index in [0.717, 1.165) is 12.8 Å². The van der Waals surface area contributed by atoms with Gasteiger partial charge in [-0.25, -0.2) is 0 Å². The molecule has 0 spiro atoms. The zero-order valence-electron chi connectivity index (χ0n) is 9.80. The second-order valence-corrected chi connectivity index (χ2v) is 3.78. The number of ether oxygens (including phenoxy) is 1. The standard InChI is InChI=1S/C11H20O6/c12-7-9(8-13)17-11(16)6-4-2-1-3-5-10(14)15/h9,12-13H,1-8H2,(H,14,15). The van der Waals surface area contributed by atoms with E-state index in [0.29, 0.717) is 12.8 Å². The Morgan fingerprint density at radius 1 is 0.941 bits per heavy atom. The van der Waals surface area contributed by atoms with Crippen LogP contribution in [0.4, 0.5) is 0 Å². The highest BCUT2D eigenvalue weighted by Gasteiger charge is 2.11. The van der Waals surface area contributed by atoms with Crippen LogP contribution in [0.3, 0.4) is 0 Å². The largest absolute Gasteiger partial charge is 0.481 e. The van der Waals surface area contributed by atoms with Crippen LogP contribution in [0.5, 0.6) is 0 Å². The highest BCUT2D eigenvalue weighted by atomic mass is 16.6. The molecule has 0 saturated heterocycles. The Bertz CT molecular complexity index is 224. The molecule has 0 fully saturated rings. The lowest BCUT2D eigenvalue weighted by Crippen LogP contribution is -2.25. The van der Waals surface area contributed by atoms with Crippen molar-refractivity contribution in [3.8, 4) is 0 Å². The van der Waals surface area contributed by atoms with Crippen molar-refractivity contribution in [2.45, 2.75) is 44.6 Å². The maximum absolute atomic E-state index is 11.2. The van der Waals surface area contributed by atoms with E-state index in [1.54, 1.807) is 0 Å². The number of hydrogen-bond acceptors (Lipinski definition) is 5. The van der Waals surface area contributed by atoms with E-state index in [-0.39, 0.29) is 26.1 Å². The number of rotatable bonds is 10. The summed E-state index contributed by atoms with van der Waals surface area (Å²) in [6, 6.07) is 0. The quantitative estimate of drug-likeness (QED) is 0.379. The van der Waals surface area contributed by atoms with Crippen LogP contribution in [0.1, 0.15) is 38.5 Å². The maximum atomic E-state index is 11.2. The molecule has 6 nitrogen and oxygen atoms in total. The number of unbranched alkanes of at least 4 members (excludes halogenated alkanes) is 3. The van der Waals surface area contributed by atoms with Gasteiger partial charge in [0.05, 0.1) is 13.2 Å². The predicted octanol–water partition coefficient (Wildman–Crippen LogP) is 0.308. The summed E-state index contributed by atoms with van der Waals surface area (Å²) in [7, 11) is 0. The van der Waals surface area contributed by atoms with Gasteiger partial charge in [0.2, 0.25) is 0 Å². The Labute approximate surface area is 100 Å². The summed E-state index contributed by atoms with van der Waals surface area (Å²) in [5.41, 5.74) is 0. The third-order valence-electron chi connectivity index (χ3n) is 2.23. The van der Waals surface area contributed by atoms with Crippen molar-refractivity contribution in [2.24, 2.45) is 0 Å². The normalized spacial score (nSPS) is 10.5. The lowest BCUT2D eigenvalue weighted by atomic mass is 10.1. The van der Waals surface area contributed by atoms with Crippen LogP contribution in [0.25, 0.3) is 0 Å². The molecule has 0 aliphatic rings. The van der Waals surface area contributed by atoms with Crippen LogP contribution in [-0.2, 0) is 14.3 Å². The Hall–Kier alpha value is -1.14. The molecule has 6 heteroatoms. The fourth-order valence-corrected chi connectivity index (χ4v) is 1.28. The minimum atomic E-state index is -0.838. The molecule has 0 aliphatic carbocycles. The topological polar surface area (TPSA) is 104 Å². The number of carboxylic acid groups (broad SMARTS) is 1. The first-order chi connectivity index (χ1) is 8.10. The van der Waals surface area contributed by atoms with Gasteiger partial charge in [-0.15, -0.1) is 0 Å². The van der Waals surface area contributed by atoms with Gasteiger partial charge in [0.15, 0.2) is 0 Å². The van der Waals surface area contributed by atoms with Crippen molar-refractivity contribution in [1.29, 1.82) is 0 Å². The van der Waals surface area contributed by atoms with E-state index in [9.17, 15) is 9.59 Å². The van der Waals surface area contributed by atoms with E-state index in [1.165, 1.54) is 0 Å². The van der Waals surface area contributed by atoms with Crippen LogP contribution in [0, 0.1) is 0 Å². The van der Waals surface area contributed by atoms with Gasteiger partial charge in [-0.2, -0.15) is 0 Å². The van der Waals surface area contributed by atoms with Gasteiger partial charge in [-0.05, 0) is 12.8 Å². The second kappa shape index (κ2) is 10.0. The van der Waals surface area contributed by atoms with Gasteiger partial charge >= 0.3 is 11.9 Å². The first-order valence-corrected chi connectivity index (χ1v) is 5.73. The average molecular weight is 248 g/mol. The fraction of sp³-hybridized carbons (Fsp3) is 0.818. The number of hydrogen-bond donors (Lipinski definition) is 3. The van der Waals surface area contributed by atoms with Crippen molar-refractivity contribution in [2.75, 3.05) is 13.2 Å². The second-order valence-electron chi connectivity index (χ2n) is 3.78. The molecule has 0 amide bonds. The number of carbonyl (C=O) groups is 2. The molecule has 0 aromatic carbocycles. The summed E-state index contributed by atoms with van der Waals surface area (Å²) in [6.45, 7) is -0.776. The average Bonchev–Trinajstić information content (AvgIpc) is 2.30. The van der Waals surface area contributed by atoms with E-state index < -0.39 is 18.0 Å². The Kier molecular flexibility index (Phi) is 9.37. The highest BCUT2D eigenvalue weighted by Crippen LogP contribution is 2.07. The van der Waals surface area contributed by atoms with Crippen molar-refractivity contribution in [3.05, 3.63) is 0 Å². The molecule has 17 heavy (non-hydrogen) atoms. The summed E-state index contributed by atoms with van der Waals surface area (Å²) in [5, 5.41) is 25.7. The number of carbonyl (C=O) groups excluding carboxylic acids is 1. The van der Waals surface area contributed by atoms with Gasteiger partial charge in [0.25, 0.3) is 0 Å². The van der Waals surface area contributed by atoms with Crippen LogP contribution < -0.4 is 0 Å². The smallest absolute Gasteiger partial charge is 0.306 e. The summed E-state index contributed by atoms with van der Waals surface area (Å²) in [6.07, 6.45) is 2.32. The third kappa shape index (κ3) is 9.77. The molecule has 100 valence electrons. The minimum absolute atomic E-state index is 0.154. The highest BCUT2D eigenvalue weighted by molar-refractivity contribution is 5.69. The zero-order valence-corrected chi connectivity index (χ0v) is 9.80. The van der Waals surface area contributed by atoms with Gasteiger partial charge in [-0.3, -0.25) is 9.59 Å². The number of aliphatic carboxylic acids is 1. The van der Waals surface area contributed by atoms with Crippen molar-refractivity contribution in [3.63, 3.8) is 0 Å². The Morgan fingerprint density at radius 2 is 1.47 bits per heavy atom. The molecular formula is C11H20O6. The molecule has 0 atom stereocenters. The Morgan fingerprint density at radius 3 is 1.94 bits per heavy atom. The van der Waals surface area contributed by atoms with Gasteiger partial charge in [0, 0.05) is 12.8 Å². The molecule has 0 saturated carbocycles. The molecule has 0 bridgehead atoms. The van der Waals surface area contributed by atoms with Crippen LogP contribution in [0.15, 0.2) is 0 Å². The molecule has 0 aromatic rings. The minimum Gasteiger partial charge on any atom is -0.481 e. The van der Waals surface area contributed by atoms with Gasteiger partial charge in [-0.1, -0.05) is 12.8 Å². The molecule has 0 unspecified atom stereocenters. The van der Waals surface area contributed by atoms with Crippen molar-refractivity contribution < 1.29 is 29.6 Å². The van der Waals surface area contributed by atoms with Crippen LogP contribution >= 0.6 is 0 Å². The molecule has 3 N–H and O–H groups in total. The van der Waals surface area contributed by atoms with Crippen molar-refractivity contribution >= 4 is 11.9 Å². The number of aliphatic hydroxyl groups is 2. The fourth-order valence-electron chi connectivity index (χ4n) is 1.28. The zero-order chi connectivity index (χ0) is 13.1. The molecule has 0 aromatic heterocycles. The number of esters is 1. The molecular weight excluding hydrogens is 228 g/mol. The molecule has 0 heterocycles. The first-order valence-electron chi connectivity index (χ1n) is 5.73. The lowest BCUT2D eigenvalue weighted by molar-refractivity contribution is -0.153. The summed E-state index contributed by atoms with van der Waals surface area (Å²) < 4.78 is 4.76. The van der Waals surface area contributed by atoms with E-state index in [4.69, 9.17) is 20.1 Å². The molecule has 0 aliphatic heterocycles. The SMILES string of the molecule is O=C(O)CCCCCCC(=O)OC(CO)CO. The monoisotopic (exact) mass is 248 g/mol. The van der Waals surface area contributed by atoms with Crippen LogP contribution in [-0.4, -0.2) is 46.6 Å². The van der Waals surface area contributed by atoms with E-state index in [1.807, 2.05) is 0 Å². The summed E-state index contributed by atoms with van der Waals surface area (Å²) in [5.74, 6) is -1.26. The predicted molar refractivity (Wildman–Crippen MR) is 59.4 cm³/mol. The molecule has 0 rings (SSSR count). The van der Waals surface area contributed by atoms with E-state index >= 15 is 0 Å². The van der Waals surface area contributed by atoms with Gasteiger partial charge in [0.1, 0.15) is 6.10 Å². The van der Waals surface area contributed by atoms with Gasteiger partial charge < -0.3 is 20.1 Å². The maximum Gasteiger partial charge on any atom is 0.306 e. The molecule has 0 radical (unpaired) electrons. The lowest BCUT2D eigenvalue weighted by Gasteiger charge is -2.12. The Balaban J connectivity index is 3.42.